The van der Waals surface area contributed by atoms with Crippen LogP contribution >= 0.6 is 0 Å². The largest absolute Gasteiger partial charge is 0.464 e. The maximum absolute atomic E-state index is 11.4. The van der Waals surface area contributed by atoms with Crippen molar-refractivity contribution < 1.29 is 9.53 Å². The zero-order valence-corrected chi connectivity index (χ0v) is 13.2. The minimum Gasteiger partial charge on any atom is -0.464 e. The first-order chi connectivity index (χ1) is 11.3. The van der Waals surface area contributed by atoms with Crippen molar-refractivity contribution in [2.45, 2.75) is 19.3 Å². The zero-order chi connectivity index (χ0) is 16.1. The molecule has 0 aromatic carbocycles. The molecule has 3 rings (SSSR count). The Morgan fingerprint density at radius 3 is 2.65 bits per heavy atom. The van der Waals surface area contributed by atoms with E-state index in [1.165, 1.54) is 7.11 Å². The second-order valence-corrected chi connectivity index (χ2v) is 5.72. The lowest BCUT2D eigenvalue weighted by molar-refractivity contribution is 0.0592. The van der Waals surface area contributed by atoms with Gasteiger partial charge in [-0.25, -0.2) is 4.79 Å². The van der Waals surface area contributed by atoms with E-state index in [1.807, 2.05) is 24.4 Å². The van der Waals surface area contributed by atoms with Crippen molar-refractivity contribution in [1.29, 1.82) is 0 Å². The normalized spacial score (nSPS) is 15.4. The average Bonchev–Trinajstić information content (AvgIpc) is 2.63. The highest BCUT2D eigenvalue weighted by Crippen LogP contribution is 2.23. The van der Waals surface area contributed by atoms with Crippen LogP contribution in [0.1, 0.15) is 29.0 Å². The molecule has 6 nitrogen and oxygen atoms in total. The fourth-order valence-electron chi connectivity index (χ4n) is 2.89. The van der Waals surface area contributed by atoms with Crippen LogP contribution in [0, 0.1) is 5.92 Å². The van der Waals surface area contributed by atoms with Gasteiger partial charge in [-0.15, -0.1) is 10.2 Å². The van der Waals surface area contributed by atoms with Gasteiger partial charge < -0.3 is 9.64 Å². The molecule has 1 fully saturated rings. The molecule has 6 heteroatoms. The number of methoxy groups -OCH3 is 1. The predicted octanol–water partition coefficient (Wildman–Crippen LogP) is 2.12. The molecular formula is C17H20N4O2. The molecule has 0 spiro atoms. The summed E-state index contributed by atoms with van der Waals surface area (Å²) in [6.07, 6.45) is 5.10. The summed E-state index contributed by atoms with van der Waals surface area (Å²) in [5, 5.41) is 8.08. The first-order valence-electron chi connectivity index (χ1n) is 7.83. The third kappa shape index (κ3) is 3.83. The zero-order valence-electron chi connectivity index (χ0n) is 13.2. The molecule has 0 saturated carbocycles. The minimum absolute atomic E-state index is 0.237. The van der Waals surface area contributed by atoms with E-state index in [4.69, 9.17) is 0 Å². The summed E-state index contributed by atoms with van der Waals surface area (Å²) in [7, 11) is 1.34. The Labute approximate surface area is 135 Å². The Bertz CT molecular complexity index is 637. The number of carbonyl (C=O) groups is 1. The molecule has 0 aliphatic carbocycles. The molecule has 2 aromatic rings. The Morgan fingerprint density at radius 2 is 2.04 bits per heavy atom. The molecular weight excluding hydrogens is 292 g/mol. The lowest BCUT2D eigenvalue weighted by atomic mass is 9.92. The minimum atomic E-state index is -0.460. The molecule has 1 aliphatic rings. The van der Waals surface area contributed by atoms with E-state index in [-0.39, 0.29) is 5.69 Å². The topological polar surface area (TPSA) is 68.2 Å². The summed E-state index contributed by atoms with van der Waals surface area (Å²) in [5.74, 6) is 1.01. The highest BCUT2D eigenvalue weighted by molar-refractivity contribution is 5.86. The van der Waals surface area contributed by atoms with Crippen LogP contribution in [-0.2, 0) is 11.2 Å². The van der Waals surface area contributed by atoms with Gasteiger partial charge in [0.15, 0.2) is 11.5 Å². The Balaban J connectivity index is 1.55. The molecule has 0 N–H and O–H groups in total. The molecule has 0 bridgehead atoms. The number of hydrogen-bond acceptors (Lipinski definition) is 6. The Hall–Kier alpha value is -2.50. The van der Waals surface area contributed by atoms with E-state index >= 15 is 0 Å². The van der Waals surface area contributed by atoms with Gasteiger partial charge in [-0.05, 0) is 49.4 Å². The van der Waals surface area contributed by atoms with Gasteiger partial charge in [0, 0.05) is 25.0 Å². The third-order valence-electron chi connectivity index (χ3n) is 4.21. The van der Waals surface area contributed by atoms with Crippen LogP contribution in [0.4, 0.5) is 5.82 Å². The monoisotopic (exact) mass is 312 g/mol. The van der Waals surface area contributed by atoms with Gasteiger partial charge in [0.2, 0.25) is 0 Å². The molecule has 0 radical (unpaired) electrons. The van der Waals surface area contributed by atoms with Crippen LogP contribution in [-0.4, -0.2) is 41.3 Å². The quantitative estimate of drug-likeness (QED) is 0.806. The molecule has 3 heterocycles. The van der Waals surface area contributed by atoms with Crippen LogP contribution in [0.5, 0.6) is 0 Å². The number of ether oxygens (including phenoxy) is 1. The number of anilines is 1. The number of nitrogens with zero attached hydrogens (tertiary/aromatic N) is 4. The van der Waals surface area contributed by atoms with E-state index in [2.05, 4.69) is 30.9 Å². The number of pyridine rings is 1. The highest BCUT2D eigenvalue weighted by Gasteiger charge is 2.21. The van der Waals surface area contributed by atoms with Crippen LogP contribution in [0.15, 0.2) is 36.5 Å². The Kier molecular flexibility index (Phi) is 4.80. The van der Waals surface area contributed by atoms with Crippen LogP contribution in [0.25, 0.3) is 0 Å². The first-order valence-corrected chi connectivity index (χ1v) is 7.83. The fourth-order valence-corrected chi connectivity index (χ4v) is 2.89. The van der Waals surface area contributed by atoms with Crippen LogP contribution in [0.3, 0.4) is 0 Å². The maximum atomic E-state index is 11.4. The predicted molar refractivity (Wildman–Crippen MR) is 86.2 cm³/mol. The van der Waals surface area contributed by atoms with Crippen LogP contribution in [0.2, 0.25) is 0 Å². The van der Waals surface area contributed by atoms with E-state index in [9.17, 15) is 4.79 Å². The molecule has 0 amide bonds. The second-order valence-electron chi connectivity index (χ2n) is 5.72. The molecule has 1 saturated heterocycles. The van der Waals surface area contributed by atoms with E-state index in [0.29, 0.717) is 5.92 Å². The van der Waals surface area contributed by atoms with Gasteiger partial charge in [-0.1, -0.05) is 6.07 Å². The van der Waals surface area contributed by atoms with Gasteiger partial charge >= 0.3 is 5.97 Å². The standard InChI is InChI=1S/C17H20N4O2/c1-23-17(22)15-5-6-16(20-19-15)21-10-7-13(8-11-21)12-14-4-2-3-9-18-14/h2-6,9,13H,7-8,10-12H2,1H3. The van der Waals surface area contributed by atoms with Crippen molar-refractivity contribution in [3.05, 3.63) is 47.9 Å². The highest BCUT2D eigenvalue weighted by atomic mass is 16.5. The summed E-state index contributed by atoms with van der Waals surface area (Å²) < 4.78 is 4.63. The van der Waals surface area contributed by atoms with E-state index in [1.54, 1.807) is 6.07 Å². The van der Waals surface area contributed by atoms with Gasteiger partial charge in [0.25, 0.3) is 0 Å². The van der Waals surface area contributed by atoms with Gasteiger partial charge in [0.1, 0.15) is 0 Å². The number of aromatic nitrogens is 3. The van der Waals surface area contributed by atoms with Crippen molar-refractivity contribution in [3.8, 4) is 0 Å². The van der Waals surface area contributed by atoms with Crippen molar-refractivity contribution >= 4 is 11.8 Å². The molecule has 2 aromatic heterocycles. The molecule has 1 aliphatic heterocycles. The summed E-state index contributed by atoms with van der Waals surface area (Å²) >= 11 is 0. The molecule has 0 unspecified atom stereocenters. The van der Waals surface area contributed by atoms with E-state index < -0.39 is 5.97 Å². The molecule has 23 heavy (non-hydrogen) atoms. The number of piperidine rings is 1. The third-order valence-corrected chi connectivity index (χ3v) is 4.21. The summed E-state index contributed by atoms with van der Waals surface area (Å²) in [6, 6.07) is 9.56. The summed E-state index contributed by atoms with van der Waals surface area (Å²) in [4.78, 5) is 18.0. The van der Waals surface area contributed by atoms with Gasteiger partial charge in [-0.3, -0.25) is 4.98 Å². The summed E-state index contributed by atoms with van der Waals surface area (Å²) in [6.45, 7) is 1.90. The Morgan fingerprint density at radius 1 is 1.22 bits per heavy atom. The fraction of sp³-hybridized carbons (Fsp3) is 0.412. The van der Waals surface area contributed by atoms with Crippen LogP contribution < -0.4 is 4.90 Å². The molecule has 0 atom stereocenters. The SMILES string of the molecule is COC(=O)c1ccc(N2CCC(Cc3ccccn3)CC2)nn1. The van der Waals surface area contributed by atoms with Crippen molar-refractivity contribution in [2.75, 3.05) is 25.1 Å². The first kappa shape index (κ1) is 15.4. The summed E-state index contributed by atoms with van der Waals surface area (Å²) in [5.41, 5.74) is 1.40. The second kappa shape index (κ2) is 7.17. The van der Waals surface area contributed by atoms with Gasteiger partial charge in [0.05, 0.1) is 7.11 Å². The average molecular weight is 312 g/mol. The number of esters is 1. The molecule has 120 valence electrons. The lowest BCUT2D eigenvalue weighted by Gasteiger charge is -2.32. The van der Waals surface area contributed by atoms with Crippen molar-refractivity contribution in [1.82, 2.24) is 15.2 Å². The van der Waals surface area contributed by atoms with Crippen molar-refractivity contribution in [3.63, 3.8) is 0 Å². The number of rotatable bonds is 4. The smallest absolute Gasteiger partial charge is 0.358 e. The lowest BCUT2D eigenvalue weighted by Crippen LogP contribution is -2.35. The maximum Gasteiger partial charge on any atom is 0.358 e. The van der Waals surface area contributed by atoms with E-state index in [0.717, 1.165) is 43.9 Å². The van der Waals surface area contributed by atoms with Crippen molar-refractivity contribution in [2.24, 2.45) is 5.92 Å². The van der Waals surface area contributed by atoms with Gasteiger partial charge in [-0.2, -0.15) is 0 Å². The number of carbonyl (C=O) groups excluding carboxylic acids is 1. The number of hydrogen-bond donors (Lipinski definition) is 0.